The number of allylic oxidation sites excluding steroid dienone is 1. The number of rotatable bonds is 9. The number of halogens is 1. The number of esters is 1. The summed E-state index contributed by atoms with van der Waals surface area (Å²) in [6, 6.07) is 14.4. The molecular formula is C21H25ClN2O3. The summed E-state index contributed by atoms with van der Waals surface area (Å²) in [5.74, 6) is 0.922. The fraction of sp³-hybridized carbons (Fsp3) is 0.333. The lowest BCUT2D eigenvalue weighted by Crippen LogP contribution is -2.42. The number of benzene rings is 1. The second-order valence-corrected chi connectivity index (χ2v) is 7.01. The number of nitrogens with zero attached hydrogens (tertiary/aromatic N) is 1. The second-order valence-electron chi connectivity index (χ2n) is 6.41. The van der Waals surface area contributed by atoms with Gasteiger partial charge in [-0.1, -0.05) is 55.8 Å². The SMILES string of the molecule is C/C(Cl)=C/CNC(C(=O)OCc1cccc(Oc2ccccc2)n1)C(C)C. The van der Waals surface area contributed by atoms with Gasteiger partial charge in [-0.15, -0.1) is 0 Å². The van der Waals surface area contributed by atoms with Crippen molar-refractivity contribution in [3.63, 3.8) is 0 Å². The van der Waals surface area contributed by atoms with Gasteiger partial charge in [0.25, 0.3) is 0 Å². The summed E-state index contributed by atoms with van der Waals surface area (Å²) >= 11 is 5.82. The molecule has 5 nitrogen and oxygen atoms in total. The van der Waals surface area contributed by atoms with Crippen LogP contribution in [0.4, 0.5) is 0 Å². The van der Waals surface area contributed by atoms with Crippen LogP contribution in [0.25, 0.3) is 0 Å². The molecule has 6 heteroatoms. The van der Waals surface area contributed by atoms with E-state index in [0.29, 0.717) is 28.9 Å². The number of ether oxygens (including phenoxy) is 2. The van der Waals surface area contributed by atoms with E-state index < -0.39 is 6.04 Å². The molecule has 2 rings (SSSR count). The number of carbonyl (C=O) groups is 1. The Hall–Kier alpha value is -2.37. The monoisotopic (exact) mass is 388 g/mol. The van der Waals surface area contributed by atoms with Crippen molar-refractivity contribution in [2.45, 2.75) is 33.4 Å². The molecule has 1 aromatic heterocycles. The molecule has 0 saturated carbocycles. The van der Waals surface area contributed by atoms with E-state index >= 15 is 0 Å². The van der Waals surface area contributed by atoms with E-state index in [-0.39, 0.29) is 18.5 Å². The first kappa shape index (κ1) is 20.9. The molecule has 0 fully saturated rings. The molecule has 0 radical (unpaired) electrons. The smallest absolute Gasteiger partial charge is 0.323 e. The van der Waals surface area contributed by atoms with Gasteiger partial charge in [-0.05, 0) is 31.0 Å². The van der Waals surface area contributed by atoms with Crippen molar-refractivity contribution < 1.29 is 14.3 Å². The zero-order valence-corrected chi connectivity index (χ0v) is 16.6. The molecule has 1 N–H and O–H groups in total. The molecule has 1 heterocycles. The number of aromatic nitrogens is 1. The molecule has 0 spiro atoms. The Labute approximate surface area is 165 Å². The average molecular weight is 389 g/mol. The highest BCUT2D eigenvalue weighted by Gasteiger charge is 2.23. The lowest BCUT2D eigenvalue weighted by Gasteiger charge is -2.20. The molecule has 0 amide bonds. The van der Waals surface area contributed by atoms with Crippen molar-refractivity contribution in [1.29, 1.82) is 0 Å². The van der Waals surface area contributed by atoms with Gasteiger partial charge < -0.3 is 14.8 Å². The lowest BCUT2D eigenvalue weighted by atomic mass is 10.0. The fourth-order valence-corrected chi connectivity index (χ4v) is 2.43. The summed E-state index contributed by atoms with van der Waals surface area (Å²) in [6.45, 7) is 6.31. The van der Waals surface area contributed by atoms with Gasteiger partial charge in [0.15, 0.2) is 0 Å². The van der Waals surface area contributed by atoms with Gasteiger partial charge in [0.1, 0.15) is 18.4 Å². The first-order valence-electron chi connectivity index (χ1n) is 8.87. The Bertz CT molecular complexity index is 759. The van der Waals surface area contributed by atoms with Gasteiger partial charge >= 0.3 is 5.97 Å². The van der Waals surface area contributed by atoms with E-state index in [1.54, 1.807) is 19.1 Å². The minimum absolute atomic E-state index is 0.0834. The highest BCUT2D eigenvalue weighted by molar-refractivity contribution is 6.29. The summed E-state index contributed by atoms with van der Waals surface area (Å²) in [7, 11) is 0. The third kappa shape index (κ3) is 7.41. The van der Waals surface area contributed by atoms with Crippen molar-refractivity contribution in [1.82, 2.24) is 10.3 Å². The fourth-order valence-electron chi connectivity index (χ4n) is 2.36. The molecule has 27 heavy (non-hydrogen) atoms. The number of pyridine rings is 1. The molecule has 0 bridgehead atoms. The third-order valence-corrected chi connectivity index (χ3v) is 3.91. The van der Waals surface area contributed by atoms with E-state index in [0.717, 1.165) is 0 Å². The van der Waals surface area contributed by atoms with Crippen LogP contribution in [-0.4, -0.2) is 23.5 Å². The summed E-state index contributed by atoms with van der Waals surface area (Å²) in [5, 5.41) is 3.83. The molecule has 0 saturated heterocycles. The van der Waals surface area contributed by atoms with Gasteiger partial charge in [-0.2, -0.15) is 0 Å². The maximum atomic E-state index is 12.4. The van der Waals surface area contributed by atoms with Crippen LogP contribution in [0.5, 0.6) is 11.6 Å². The molecule has 144 valence electrons. The molecule has 1 aromatic carbocycles. The lowest BCUT2D eigenvalue weighted by molar-refractivity contribution is -0.148. The molecular weight excluding hydrogens is 364 g/mol. The Morgan fingerprint density at radius 2 is 1.93 bits per heavy atom. The van der Waals surface area contributed by atoms with Crippen molar-refractivity contribution in [3.8, 4) is 11.6 Å². The summed E-state index contributed by atoms with van der Waals surface area (Å²) in [4.78, 5) is 16.8. The minimum Gasteiger partial charge on any atom is -0.458 e. The van der Waals surface area contributed by atoms with E-state index in [2.05, 4.69) is 10.3 Å². The maximum Gasteiger partial charge on any atom is 0.323 e. The standard InChI is InChI=1S/C21H25ClN2O3/c1-15(2)20(23-13-12-16(3)22)21(25)26-14-17-8-7-11-19(24-17)27-18-9-5-4-6-10-18/h4-12,15,20,23H,13-14H2,1-3H3/b16-12-. The largest absolute Gasteiger partial charge is 0.458 e. The summed E-state index contributed by atoms with van der Waals surface area (Å²) < 4.78 is 11.1. The maximum absolute atomic E-state index is 12.4. The van der Waals surface area contributed by atoms with Crippen LogP contribution in [0.15, 0.2) is 59.6 Å². The van der Waals surface area contributed by atoms with Gasteiger partial charge in [-0.3, -0.25) is 4.79 Å². The van der Waals surface area contributed by atoms with Crippen LogP contribution in [0.3, 0.4) is 0 Å². The van der Waals surface area contributed by atoms with Gasteiger partial charge in [0, 0.05) is 17.6 Å². The molecule has 0 aliphatic heterocycles. The van der Waals surface area contributed by atoms with Crippen LogP contribution in [0.2, 0.25) is 0 Å². The van der Waals surface area contributed by atoms with Crippen LogP contribution in [-0.2, 0) is 16.1 Å². The highest BCUT2D eigenvalue weighted by Crippen LogP contribution is 2.19. The van der Waals surface area contributed by atoms with Crippen LogP contribution < -0.4 is 10.1 Å². The first-order chi connectivity index (χ1) is 13.0. The zero-order chi connectivity index (χ0) is 19.6. The first-order valence-corrected chi connectivity index (χ1v) is 9.24. The quantitative estimate of drug-likeness (QED) is 0.632. The van der Waals surface area contributed by atoms with Crippen molar-refractivity contribution in [2.24, 2.45) is 5.92 Å². The normalized spacial score (nSPS) is 12.7. The molecule has 2 aromatic rings. The molecule has 1 atom stereocenters. The minimum atomic E-state index is -0.416. The number of para-hydroxylation sites is 1. The Kier molecular flexibility index (Phi) is 8.30. The molecule has 1 unspecified atom stereocenters. The van der Waals surface area contributed by atoms with E-state index in [9.17, 15) is 4.79 Å². The zero-order valence-electron chi connectivity index (χ0n) is 15.8. The van der Waals surface area contributed by atoms with Gasteiger partial charge in [-0.25, -0.2) is 4.98 Å². The number of hydrogen-bond donors (Lipinski definition) is 1. The van der Waals surface area contributed by atoms with Crippen molar-refractivity contribution >= 4 is 17.6 Å². The molecule has 0 aliphatic rings. The van der Waals surface area contributed by atoms with Gasteiger partial charge in [0.2, 0.25) is 5.88 Å². The predicted molar refractivity (Wildman–Crippen MR) is 107 cm³/mol. The van der Waals surface area contributed by atoms with Gasteiger partial charge in [0.05, 0.1) is 5.69 Å². The summed E-state index contributed by atoms with van der Waals surface area (Å²) in [5.41, 5.74) is 0.621. The van der Waals surface area contributed by atoms with Crippen molar-refractivity contribution in [3.05, 3.63) is 65.3 Å². The number of nitrogens with one attached hydrogen (secondary N) is 1. The number of hydrogen-bond acceptors (Lipinski definition) is 5. The summed E-state index contributed by atoms with van der Waals surface area (Å²) in [6.07, 6.45) is 1.82. The Morgan fingerprint density at radius 1 is 1.19 bits per heavy atom. The van der Waals surface area contributed by atoms with E-state index in [4.69, 9.17) is 21.1 Å². The van der Waals surface area contributed by atoms with E-state index in [1.165, 1.54) is 0 Å². The molecule has 0 aliphatic carbocycles. The van der Waals surface area contributed by atoms with Crippen molar-refractivity contribution in [2.75, 3.05) is 6.54 Å². The topological polar surface area (TPSA) is 60.5 Å². The van der Waals surface area contributed by atoms with Crippen LogP contribution >= 0.6 is 11.6 Å². The van der Waals surface area contributed by atoms with E-state index in [1.807, 2.05) is 56.3 Å². The highest BCUT2D eigenvalue weighted by atomic mass is 35.5. The Morgan fingerprint density at radius 3 is 2.59 bits per heavy atom. The average Bonchev–Trinajstić information content (AvgIpc) is 2.64. The predicted octanol–water partition coefficient (Wildman–Crippen LogP) is 4.67. The third-order valence-electron chi connectivity index (χ3n) is 3.75. The second kappa shape index (κ2) is 10.7. The van der Waals surface area contributed by atoms with Crippen LogP contribution in [0, 0.1) is 5.92 Å². The number of carbonyl (C=O) groups excluding carboxylic acids is 1. The van der Waals surface area contributed by atoms with Crippen LogP contribution in [0.1, 0.15) is 26.5 Å². The Balaban J connectivity index is 1.93.